The summed E-state index contributed by atoms with van der Waals surface area (Å²) < 4.78 is 2.06. The van der Waals surface area contributed by atoms with Gasteiger partial charge in [0.2, 0.25) is 5.95 Å². The molecule has 1 aliphatic rings. The van der Waals surface area contributed by atoms with E-state index in [4.69, 9.17) is 0 Å². The van der Waals surface area contributed by atoms with Crippen molar-refractivity contribution in [2.45, 2.75) is 32.2 Å². The molecule has 0 aliphatic heterocycles. The quantitative estimate of drug-likeness (QED) is 0.875. The number of hydrogen-bond donors (Lipinski definition) is 1. The second-order valence-electron chi connectivity index (χ2n) is 5.10. The normalized spacial score (nSPS) is 18.4. The molecule has 1 aromatic heterocycles. The average molecular weight is 241 g/mol. The second-order valence-corrected chi connectivity index (χ2v) is 5.10. The summed E-state index contributed by atoms with van der Waals surface area (Å²) in [7, 11) is 2.04. The predicted molar refractivity (Wildman–Crippen MR) is 73.7 cm³/mol. The molecule has 1 atom stereocenters. The molecule has 0 radical (unpaired) electrons. The van der Waals surface area contributed by atoms with Crippen LogP contribution in [-0.4, -0.2) is 9.55 Å². The summed E-state index contributed by atoms with van der Waals surface area (Å²) in [6.07, 6.45) is 5.69. The molecule has 0 saturated carbocycles. The molecule has 0 spiro atoms. The molecular weight excluding hydrogens is 222 g/mol. The Kier molecular flexibility index (Phi) is 2.82. The zero-order chi connectivity index (χ0) is 12.5. The number of anilines is 1. The van der Waals surface area contributed by atoms with E-state index in [1.807, 2.05) is 14.0 Å². The molecule has 0 fully saturated rings. The van der Waals surface area contributed by atoms with Gasteiger partial charge in [-0.3, -0.25) is 0 Å². The van der Waals surface area contributed by atoms with Gasteiger partial charge in [0.15, 0.2) is 0 Å². The maximum atomic E-state index is 4.53. The average Bonchev–Trinajstić information content (AvgIpc) is 2.68. The van der Waals surface area contributed by atoms with Gasteiger partial charge >= 0.3 is 0 Å². The van der Waals surface area contributed by atoms with Gasteiger partial charge in [0.05, 0.1) is 11.7 Å². The Morgan fingerprint density at radius 3 is 2.94 bits per heavy atom. The summed E-state index contributed by atoms with van der Waals surface area (Å²) in [4.78, 5) is 4.53. The Hall–Kier alpha value is -1.77. The number of nitrogens with zero attached hydrogens (tertiary/aromatic N) is 2. The fraction of sp³-hybridized carbons (Fsp3) is 0.400. The molecule has 3 heteroatoms. The van der Waals surface area contributed by atoms with Crippen LogP contribution in [-0.2, 0) is 13.5 Å². The van der Waals surface area contributed by atoms with Crippen LogP contribution < -0.4 is 5.32 Å². The van der Waals surface area contributed by atoms with E-state index in [2.05, 4.69) is 45.3 Å². The van der Waals surface area contributed by atoms with Gasteiger partial charge in [-0.25, -0.2) is 4.98 Å². The maximum absolute atomic E-state index is 4.53. The lowest BCUT2D eigenvalue weighted by Crippen LogP contribution is -2.19. The van der Waals surface area contributed by atoms with E-state index < -0.39 is 0 Å². The summed E-state index contributed by atoms with van der Waals surface area (Å²) in [5, 5.41) is 3.58. The van der Waals surface area contributed by atoms with Gasteiger partial charge in [0.1, 0.15) is 0 Å². The second kappa shape index (κ2) is 4.48. The lowest BCUT2D eigenvalue weighted by Gasteiger charge is -2.26. The van der Waals surface area contributed by atoms with Crippen molar-refractivity contribution in [3.63, 3.8) is 0 Å². The van der Waals surface area contributed by atoms with Crippen LogP contribution in [0.15, 0.2) is 30.5 Å². The van der Waals surface area contributed by atoms with Crippen LogP contribution in [0.2, 0.25) is 0 Å². The summed E-state index contributed by atoms with van der Waals surface area (Å²) in [5.41, 5.74) is 3.97. The van der Waals surface area contributed by atoms with Gasteiger partial charge in [-0.15, -0.1) is 0 Å². The monoisotopic (exact) mass is 241 g/mol. The van der Waals surface area contributed by atoms with Crippen molar-refractivity contribution < 1.29 is 0 Å². The molecule has 1 unspecified atom stereocenters. The van der Waals surface area contributed by atoms with Gasteiger partial charge in [0, 0.05) is 13.2 Å². The molecule has 1 aromatic carbocycles. The number of fused-ring (bicyclic) bond motifs is 1. The zero-order valence-corrected chi connectivity index (χ0v) is 11.0. The SMILES string of the molecule is Cc1cn(C)c(NC2CCCc3ccccc32)n1. The number of aromatic nitrogens is 2. The van der Waals surface area contributed by atoms with E-state index in [-0.39, 0.29) is 0 Å². The van der Waals surface area contributed by atoms with Gasteiger partial charge in [-0.2, -0.15) is 0 Å². The smallest absolute Gasteiger partial charge is 0.203 e. The van der Waals surface area contributed by atoms with Crippen LogP contribution in [0.3, 0.4) is 0 Å². The van der Waals surface area contributed by atoms with Crippen LogP contribution in [0.4, 0.5) is 5.95 Å². The number of imidazole rings is 1. The van der Waals surface area contributed by atoms with Crippen molar-refractivity contribution in [1.29, 1.82) is 0 Å². The Bertz CT molecular complexity index is 557. The van der Waals surface area contributed by atoms with Gasteiger partial charge in [-0.05, 0) is 37.3 Å². The number of aryl methyl sites for hydroxylation is 3. The minimum absolute atomic E-state index is 0.399. The van der Waals surface area contributed by atoms with Crippen molar-refractivity contribution >= 4 is 5.95 Å². The lowest BCUT2D eigenvalue weighted by molar-refractivity contribution is 0.593. The van der Waals surface area contributed by atoms with Gasteiger partial charge in [0.25, 0.3) is 0 Å². The Morgan fingerprint density at radius 2 is 2.17 bits per heavy atom. The van der Waals surface area contributed by atoms with Crippen LogP contribution in [0.1, 0.15) is 35.7 Å². The van der Waals surface area contributed by atoms with Gasteiger partial charge in [-0.1, -0.05) is 24.3 Å². The van der Waals surface area contributed by atoms with Crippen LogP contribution >= 0.6 is 0 Å². The highest BCUT2D eigenvalue weighted by atomic mass is 15.2. The van der Waals surface area contributed by atoms with Crippen LogP contribution in [0, 0.1) is 6.92 Å². The van der Waals surface area contributed by atoms with Crippen LogP contribution in [0.5, 0.6) is 0 Å². The minimum Gasteiger partial charge on any atom is -0.349 e. The molecule has 3 rings (SSSR count). The molecule has 0 saturated heterocycles. The van der Waals surface area contributed by atoms with E-state index in [9.17, 15) is 0 Å². The molecule has 18 heavy (non-hydrogen) atoms. The molecule has 0 bridgehead atoms. The van der Waals surface area contributed by atoms with E-state index in [0.29, 0.717) is 6.04 Å². The third-order valence-corrected chi connectivity index (χ3v) is 3.67. The van der Waals surface area contributed by atoms with E-state index >= 15 is 0 Å². The van der Waals surface area contributed by atoms with Gasteiger partial charge < -0.3 is 9.88 Å². The fourth-order valence-electron chi connectivity index (χ4n) is 2.81. The van der Waals surface area contributed by atoms with Crippen LogP contribution in [0.25, 0.3) is 0 Å². The highest BCUT2D eigenvalue weighted by molar-refractivity contribution is 5.39. The zero-order valence-electron chi connectivity index (χ0n) is 11.0. The van der Waals surface area contributed by atoms with E-state index in [0.717, 1.165) is 11.6 Å². The first-order valence-electron chi connectivity index (χ1n) is 6.58. The Morgan fingerprint density at radius 1 is 1.33 bits per heavy atom. The van der Waals surface area contributed by atoms with Crippen molar-refractivity contribution in [2.75, 3.05) is 5.32 Å². The molecule has 1 N–H and O–H groups in total. The molecule has 1 heterocycles. The summed E-state index contributed by atoms with van der Waals surface area (Å²) >= 11 is 0. The maximum Gasteiger partial charge on any atom is 0.203 e. The number of rotatable bonds is 2. The van der Waals surface area contributed by atoms with Crippen molar-refractivity contribution in [1.82, 2.24) is 9.55 Å². The van der Waals surface area contributed by atoms with E-state index in [1.54, 1.807) is 0 Å². The third kappa shape index (κ3) is 2.01. The number of nitrogens with one attached hydrogen (secondary N) is 1. The first-order valence-corrected chi connectivity index (χ1v) is 6.58. The lowest BCUT2D eigenvalue weighted by atomic mass is 9.88. The number of benzene rings is 1. The molecule has 2 aromatic rings. The topological polar surface area (TPSA) is 29.9 Å². The number of hydrogen-bond acceptors (Lipinski definition) is 2. The summed E-state index contributed by atoms with van der Waals surface area (Å²) in [6, 6.07) is 9.14. The molecule has 94 valence electrons. The van der Waals surface area contributed by atoms with Crippen molar-refractivity contribution in [2.24, 2.45) is 7.05 Å². The standard InChI is InChI=1S/C15H19N3/c1-11-10-18(2)15(16-11)17-14-9-5-7-12-6-3-4-8-13(12)14/h3-4,6,8,10,14H,5,7,9H2,1-2H3,(H,16,17). The van der Waals surface area contributed by atoms with E-state index in [1.165, 1.54) is 30.4 Å². The minimum atomic E-state index is 0.399. The fourth-order valence-corrected chi connectivity index (χ4v) is 2.81. The molecule has 1 aliphatic carbocycles. The Balaban J connectivity index is 1.88. The first kappa shape index (κ1) is 11.3. The largest absolute Gasteiger partial charge is 0.349 e. The highest BCUT2D eigenvalue weighted by Crippen LogP contribution is 2.31. The predicted octanol–water partition coefficient (Wildman–Crippen LogP) is 3.22. The molecular formula is C15H19N3. The van der Waals surface area contributed by atoms with Crippen molar-refractivity contribution in [3.05, 3.63) is 47.3 Å². The summed E-state index contributed by atoms with van der Waals surface area (Å²) in [5.74, 6) is 0.967. The highest BCUT2D eigenvalue weighted by Gasteiger charge is 2.20. The van der Waals surface area contributed by atoms with Crippen molar-refractivity contribution in [3.8, 4) is 0 Å². The Labute approximate surface area is 108 Å². The summed E-state index contributed by atoms with van der Waals surface area (Å²) in [6.45, 7) is 2.03. The third-order valence-electron chi connectivity index (χ3n) is 3.67. The first-order chi connectivity index (χ1) is 8.74. The molecule has 3 nitrogen and oxygen atoms in total. The molecule has 0 amide bonds.